The number of carbonyl (C=O) groups is 1. The summed E-state index contributed by atoms with van der Waals surface area (Å²) in [6.45, 7) is 0.939. The van der Waals surface area contributed by atoms with Gasteiger partial charge in [0, 0.05) is 16.7 Å². The van der Waals surface area contributed by atoms with E-state index in [4.69, 9.17) is 0 Å². The normalized spacial score (nSPS) is 10.7. The molecule has 1 amide bonds. The molecule has 0 aliphatic carbocycles. The first-order valence-corrected chi connectivity index (χ1v) is 8.24. The van der Waals surface area contributed by atoms with E-state index < -0.39 is 0 Å². The quantitative estimate of drug-likeness (QED) is 0.703. The summed E-state index contributed by atoms with van der Waals surface area (Å²) in [5.74, 6) is -0.0486. The van der Waals surface area contributed by atoms with Gasteiger partial charge in [0.1, 0.15) is 0 Å². The Kier molecular flexibility index (Phi) is 5.05. The summed E-state index contributed by atoms with van der Waals surface area (Å²) in [6, 6.07) is 22.0. The van der Waals surface area contributed by atoms with Crippen molar-refractivity contribution in [3.8, 4) is 0 Å². The predicted molar refractivity (Wildman–Crippen MR) is 98.4 cm³/mol. The SMILES string of the molecule is O=C(CNCc1cccc2ccccc12)Nc1ccc(Br)cc1. The van der Waals surface area contributed by atoms with Crippen LogP contribution in [0.4, 0.5) is 5.69 Å². The second kappa shape index (κ2) is 7.40. The zero-order valence-corrected chi connectivity index (χ0v) is 14.1. The summed E-state index contributed by atoms with van der Waals surface area (Å²) in [5, 5.41) is 8.51. The van der Waals surface area contributed by atoms with E-state index in [-0.39, 0.29) is 12.5 Å². The molecule has 0 saturated carbocycles. The van der Waals surface area contributed by atoms with Crippen LogP contribution in [0.5, 0.6) is 0 Å². The van der Waals surface area contributed by atoms with Gasteiger partial charge < -0.3 is 10.6 Å². The number of anilines is 1. The summed E-state index contributed by atoms with van der Waals surface area (Å²) in [4.78, 5) is 12.0. The van der Waals surface area contributed by atoms with E-state index in [2.05, 4.69) is 50.8 Å². The molecule has 3 nitrogen and oxygen atoms in total. The molecule has 0 bridgehead atoms. The highest BCUT2D eigenvalue weighted by molar-refractivity contribution is 9.10. The highest BCUT2D eigenvalue weighted by Crippen LogP contribution is 2.18. The molecule has 0 heterocycles. The fourth-order valence-corrected chi connectivity index (χ4v) is 2.76. The number of benzene rings is 3. The molecule has 0 spiro atoms. The number of rotatable bonds is 5. The van der Waals surface area contributed by atoms with Gasteiger partial charge in [-0.15, -0.1) is 0 Å². The average Bonchev–Trinajstić information content (AvgIpc) is 2.57. The molecule has 2 N–H and O–H groups in total. The van der Waals surface area contributed by atoms with E-state index in [1.165, 1.54) is 16.3 Å². The van der Waals surface area contributed by atoms with Gasteiger partial charge in [-0.05, 0) is 40.6 Å². The van der Waals surface area contributed by atoms with Crippen molar-refractivity contribution in [2.24, 2.45) is 0 Å². The largest absolute Gasteiger partial charge is 0.325 e. The Labute approximate surface area is 143 Å². The summed E-state index contributed by atoms with van der Waals surface area (Å²) in [6.07, 6.45) is 0. The van der Waals surface area contributed by atoms with Crippen LogP contribution in [0.25, 0.3) is 10.8 Å². The third-order valence-electron chi connectivity index (χ3n) is 3.61. The fourth-order valence-electron chi connectivity index (χ4n) is 2.50. The maximum atomic E-state index is 12.0. The van der Waals surface area contributed by atoms with E-state index in [9.17, 15) is 4.79 Å². The molecular formula is C19H17BrN2O. The highest BCUT2D eigenvalue weighted by Gasteiger charge is 2.04. The summed E-state index contributed by atoms with van der Waals surface area (Å²) in [7, 11) is 0. The fraction of sp³-hybridized carbons (Fsp3) is 0.105. The molecule has 3 aromatic rings. The topological polar surface area (TPSA) is 41.1 Å². The third-order valence-corrected chi connectivity index (χ3v) is 4.14. The maximum Gasteiger partial charge on any atom is 0.238 e. The van der Waals surface area contributed by atoms with E-state index in [1.54, 1.807) is 0 Å². The van der Waals surface area contributed by atoms with Crippen LogP contribution in [-0.2, 0) is 11.3 Å². The number of nitrogens with one attached hydrogen (secondary N) is 2. The first-order valence-electron chi connectivity index (χ1n) is 7.45. The molecule has 0 aliphatic heterocycles. The molecule has 0 aromatic heterocycles. The molecular weight excluding hydrogens is 352 g/mol. The number of amides is 1. The van der Waals surface area contributed by atoms with Gasteiger partial charge in [-0.25, -0.2) is 0 Å². The monoisotopic (exact) mass is 368 g/mol. The minimum atomic E-state index is -0.0486. The van der Waals surface area contributed by atoms with Gasteiger partial charge in [0.2, 0.25) is 5.91 Å². The van der Waals surface area contributed by atoms with Gasteiger partial charge in [-0.1, -0.05) is 58.4 Å². The standard InChI is InChI=1S/C19H17BrN2O/c20-16-8-10-17(11-9-16)22-19(23)13-21-12-15-6-3-5-14-4-1-2-7-18(14)15/h1-11,21H,12-13H2,(H,22,23). The lowest BCUT2D eigenvalue weighted by Crippen LogP contribution is -2.27. The van der Waals surface area contributed by atoms with Crippen molar-refractivity contribution >= 4 is 38.3 Å². The summed E-state index contributed by atoms with van der Waals surface area (Å²) >= 11 is 3.37. The average molecular weight is 369 g/mol. The number of halogens is 1. The molecule has 0 fully saturated rings. The van der Waals surface area contributed by atoms with E-state index in [0.717, 1.165) is 10.2 Å². The van der Waals surface area contributed by atoms with Crippen LogP contribution < -0.4 is 10.6 Å². The predicted octanol–water partition coefficient (Wildman–Crippen LogP) is 4.33. The second-order valence-corrected chi connectivity index (χ2v) is 6.21. The van der Waals surface area contributed by atoms with E-state index in [1.807, 2.05) is 42.5 Å². The van der Waals surface area contributed by atoms with E-state index >= 15 is 0 Å². The lowest BCUT2D eigenvalue weighted by atomic mass is 10.0. The van der Waals surface area contributed by atoms with Crippen LogP contribution in [0, 0.1) is 0 Å². The van der Waals surface area contributed by atoms with Gasteiger partial charge in [-0.2, -0.15) is 0 Å². The van der Waals surface area contributed by atoms with Crippen molar-refractivity contribution in [1.29, 1.82) is 0 Å². The second-order valence-electron chi connectivity index (χ2n) is 5.30. The molecule has 0 radical (unpaired) electrons. The molecule has 0 aliphatic rings. The molecule has 3 rings (SSSR count). The van der Waals surface area contributed by atoms with Gasteiger partial charge in [0.05, 0.1) is 6.54 Å². The Morgan fingerprint density at radius 2 is 1.65 bits per heavy atom. The van der Waals surface area contributed by atoms with Crippen molar-refractivity contribution in [3.05, 3.63) is 76.8 Å². The van der Waals surface area contributed by atoms with Crippen molar-refractivity contribution < 1.29 is 4.79 Å². The van der Waals surface area contributed by atoms with Crippen LogP contribution in [0.3, 0.4) is 0 Å². The zero-order valence-electron chi connectivity index (χ0n) is 12.6. The first-order chi connectivity index (χ1) is 11.2. The maximum absolute atomic E-state index is 12.0. The number of fused-ring (bicyclic) bond motifs is 1. The highest BCUT2D eigenvalue weighted by atomic mass is 79.9. The van der Waals surface area contributed by atoms with Crippen LogP contribution in [0.1, 0.15) is 5.56 Å². The zero-order chi connectivity index (χ0) is 16.1. The van der Waals surface area contributed by atoms with Crippen LogP contribution in [0.15, 0.2) is 71.2 Å². The lowest BCUT2D eigenvalue weighted by molar-refractivity contribution is -0.115. The molecule has 0 saturated heterocycles. The van der Waals surface area contributed by atoms with Gasteiger partial charge in [-0.3, -0.25) is 4.79 Å². The van der Waals surface area contributed by atoms with Crippen molar-refractivity contribution in [1.82, 2.24) is 5.32 Å². The van der Waals surface area contributed by atoms with Gasteiger partial charge in [0.15, 0.2) is 0 Å². The summed E-state index contributed by atoms with van der Waals surface area (Å²) in [5.41, 5.74) is 1.99. The molecule has 0 unspecified atom stereocenters. The molecule has 3 aromatic carbocycles. The van der Waals surface area contributed by atoms with Crippen LogP contribution in [-0.4, -0.2) is 12.5 Å². The summed E-state index contributed by atoms with van der Waals surface area (Å²) < 4.78 is 0.990. The van der Waals surface area contributed by atoms with E-state index in [0.29, 0.717) is 6.54 Å². The van der Waals surface area contributed by atoms with Crippen LogP contribution in [0.2, 0.25) is 0 Å². The molecule has 116 valence electrons. The smallest absolute Gasteiger partial charge is 0.238 e. The number of hydrogen-bond acceptors (Lipinski definition) is 2. The molecule has 4 heteroatoms. The van der Waals surface area contributed by atoms with Crippen molar-refractivity contribution in [2.75, 3.05) is 11.9 Å². The number of hydrogen-bond donors (Lipinski definition) is 2. The molecule has 0 atom stereocenters. The Morgan fingerprint density at radius 1 is 0.913 bits per heavy atom. The van der Waals surface area contributed by atoms with Crippen LogP contribution >= 0.6 is 15.9 Å². The minimum Gasteiger partial charge on any atom is -0.325 e. The van der Waals surface area contributed by atoms with Crippen molar-refractivity contribution in [2.45, 2.75) is 6.54 Å². The van der Waals surface area contributed by atoms with Crippen molar-refractivity contribution in [3.63, 3.8) is 0 Å². The minimum absolute atomic E-state index is 0.0486. The Bertz CT molecular complexity index is 810. The van der Waals surface area contributed by atoms with Gasteiger partial charge in [0.25, 0.3) is 0 Å². The Balaban J connectivity index is 1.56. The van der Waals surface area contributed by atoms with Gasteiger partial charge >= 0.3 is 0 Å². The molecule has 23 heavy (non-hydrogen) atoms. The third kappa shape index (κ3) is 4.18. The Hall–Kier alpha value is -2.17. The first kappa shape index (κ1) is 15.7. The lowest BCUT2D eigenvalue weighted by Gasteiger charge is -2.09. The number of carbonyl (C=O) groups excluding carboxylic acids is 1. The Morgan fingerprint density at radius 3 is 2.48 bits per heavy atom.